The van der Waals surface area contributed by atoms with Crippen LogP contribution in [0.4, 0.5) is 8.78 Å². The van der Waals surface area contributed by atoms with Crippen molar-refractivity contribution in [3.63, 3.8) is 0 Å². The molecule has 2 aromatic carbocycles. The summed E-state index contributed by atoms with van der Waals surface area (Å²) >= 11 is 0. The summed E-state index contributed by atoms with van der Waals surface area (Å²) in [5.41, 5.74) is 5.43. The molecule has 2 amide bonds. The quantitative estimate of drug-likeness (QED) is 0.646. The van der Waals surface area contributed by atoms with E-state index >= 15 is 0 Å². The molecule has 0 aliphatic heterocycles. The van der Waals surface area contributed by atoms with Gasteiger partial charge in [0, 0.05) is 17.1 Å². The first-order chi connectivity index (χ1) is 11.5. The van der Waals surface area contributed by atoms with Gasteiger partial charge in [-0.25, -0.2) is 8.78 Å². The number of amides is 2. The van der Waals surface area contributed by atoms with Crippen LogP contribution in [0, 0.1) is 11.6 Å². The van der Waals surface area contributed by atoms with Gasteiger partial charge in [0.25, 0.3) is 5.91 Å². The fraction of sp³-hybridized carbons (Fsp3) is 0.0588. The van der Waals surface area contributed by atoms with Crippen molar-refractivity contribution in [2.24, 2.45) is 0 Å². The summed E-state index contributed by atoms with van der Waals surface area (Å²) in [6.45, 7) is 0. The van der Waals surface area contributed by atoms with E-state index in [2.05, 4.69) is 15.8 Å². The Labute approximate surface area is 135 Å². The maximum absolute atomic E-state index is 13.5. The lowest BCUT2D eigenvalue weighted by Gasteiger charge is -2.08. The lowest BCUT2D eigenvalue weighted by molar-refractivity contribution is -0.121. The molecule has 24 heavy (non-hydrogen) atoms. The fourth-order valence-electron chi connectivity index (χ4n) is 2.36. The average molecular weight is 329 g/mol. The molecular formula is C17H13F2N3O2. The molecule has 3 rings (SSSR count). The van der Waals surface area contributed by atoms with E-state index in [0.717, 1.165) is 34.7 Å². The first-order valence-electron chi connectivity index (χ1n) is 7.14. The number of hydrogen-bond acceptors (Lipinski definition) is 2. The number of nitrogens with one attached hydrogen (secondary N) is 3. The van der Waals surface area contributed by atoms with E-state index in [1.165, 1.54) is 0 Å². The van der Waals surface area contributed by atoms with Crippen LogP contribution in [0.1, 0.15) is 15.9 Å². The lowest BCUT2D eigenvalue weighted by atomic mass is 10.1. The monoisotopic (exact) mass is 329 g/mol. The van der Waals surface area contributed by atoms with Gasteiger partial charge >= 0.3 is 0 Å². The average Bonchev–Trinajstić information content (AvgIpc) is 2.98. The Kier molecular flexibility index (Phi) is 4.24. The maximum atomic E-state index is 13.5. The van der Waals surface area contributed by atoms with Crippen molar-refractivity contribution in [1.29, 1.82) is 0 Å². The molecule has 5 nitrogen and oxygen atoms in total. The second-order valence-corrected chi connectivity index (χ2v) is 5.16. The van der Waals surface area contributed by atoms with Crippen molar-refractivity contribution in [2.75, 3.05) is 0 Å². The number of carbonyl (C=O) groups excluding carboxylic acids is 2. The zero-order valence-electron chi connectivity index (χ0n) is 12.4. The van der Waals surface area contributed by atoms with Gasteiger partial charge < -0.3 is 4.98 Å². The number of carbonyl (C=O) groups is 2. The van der Waals surface area contributed by atoms with E-state index in [1.54, 1.807) is 6.20 Å². The fourth-order valence-corrected chi connectivity index (χ4v) is 2.36. The summed E-state index contributed by atoms with van der Waals surface area (Å²) in [6, 6.07) is 9.99. The van der Waals surface area contributed by atoms with Crippen LogP contribution in [0.5, 0.6) is 0 Å². The van der Waals surface area contributed by atoms with Gasteiger partial charge in [-0.05, 0) is 29.8 Å². The number of aromatic amines is 1. The molecule has 122 valence electrons. The first kappa shape index (κ1) is 15.7. The number of hydrogen-bond donors (Lipinski definition) is 3. The van der Waals surface area contributed by atoms with Crippen molar-refractivity contribution in [3.05, 3.63) is 71.4 Å². The molecule has 0 unspecified atom stereocenters. The highest BCUT2D eigenvalue weighted by atomic mass is 19.1. The molecular weight excluding hydrogens is 316 g/mol. The van der Waals surface area contributed by atoms with Gasteiger partial charge in [-0.1, -0.05) is 18.2 Å². The van der Waals surface area contributed by atoms with Crippen LogP contribution in [0.3, 0.4) is 0 Å². The van der Waals surface area contributed by atoms with Crippen molar-refractivity contribution in [1.82, 2.24) is 15.8 Å². The molecule has 0 atom stereocenters. The minimum absolute atomic E-state index is 0.0237. The summed E-state index contributed by atoms with van der Waals surface area (Å²) in [5, 5.41) is 0.898. The standard InChI is InChI=1S/C17H13F2N3O2/c18-11-5-6-14(19)13(8-11)17(24)22-21-16(23)7-10-9-20-15-4-2-1-3-12(10)15/h1-6,8-9,20H,7H2,(H,21,23)(H,22,24). The Balaban J connectivity index is 1.63. The lowest BCUT2D eigenvalue weighted by Crippen LogP contribution is -2.42. The van der Waals surface area contributed by atoms with Crippen LogP contribution < -0.4 is 10.9 Å². The number of H-pyrrole nitrogens is 1. The van der Waals surface area contributed by atoms with Crippen LogP contribution in [-0.4, -0.2) is 16.8 Å². The van der Waals surface area contributed by atoms with E-state index in [1.807, 2.05) is 24.3 Å². The van der Waals surface area contributed by atoms with Gasteiger partial charge in [-0.3, -0.25) is 20.4 Å². The Morgan fingerprint density at radius 1 is 1.04 bits per heavy atom. The first-order valence-corrected chi connectivity index (χ1v) is 7.14. The highest BCUT2D eigenvalue weighted by molar-refractivity contribution is 5.96. The molecule has 0 aliphatic carbocycles. The molecule has 0 radical (unpaired) electrons. The molecule has 0 saturated carbocycles. The molecule has 0 spiro atoms. The predicted molar refractivity (Wildman–Crippen MR) is 84.0 cm³/mol. The van der Waals surface area contributed by atoms with Crippen molar-refractivity contribution >= 4 is 22.7 Å². The molecule has 7 heteroatoms. The minimum Gasteiger partial charge on any atom is -0.361 e. The number of fused-ring (bicyclic) bond motifs is 1. The number of para-hydroxylation sites is 1. The van der Waals surface area contributed by atoms with Gasteiger partial charge in [0.1, 0.15) is 11.6 Å². The predicted octanol–water partition coefficient (Wildman–Crippen LogP) is 2.45. The second kappa shape index (κ2) is 6.49. The third-order valence-electron chi connectivity index (χ3n) is 3.51. The van der Waals surface area contributed by atoms with Gasteiger partial charge in [0.2, 0.25) is 5.91 Å². The normalized spacial score (nSPS) is 10.6. The zero-order chi connectivity index (χ0) is 17.1. The maximum Gasteiger partial charge on any atom is 0.272 e. The molecule has 0 saturated heterocycles. The number of aromatic nitrogens is 1. The molecule has 0 aliphatic rings. The molecule has 0 bridgehead atoms. The smallest absolute Gasteiger partial charge is 0.272 e. The number of hydrazine groups is 1. The second-order valence-electron chi connectivity index (χ2n) is 5.16. The zero-order valence-corrected chi connectivity index (χ0v) is 12.4. The van der Waals surface area contributed by atoms with Crippen molar-refractivity contribution < 1.29 is 18.4 Å². The number of benzene rings is 2. The third-order valence-corrected chi connectivity index (χ3v) is 3.51. The summed E-state index contributed by atoms with van der Waals surface area (Å²) in [4.78, 5) is 26.8. The Morgan fingerprint density at radius 2 is 1.83 bits per heavy atom. The van der Waals surface area contributed by atoms with Gasteiger partial charge in [-0.15, -0.1) is 0 Å². The van der Waals surface area contributed by atoms with Gasteiger partial charge in [-0.2, -0.15) is 0 Å². The van der Waals surface area contributed by atoms with Gasteiger partial charge in [0.05, 0.1) is 12.0 Å². The van der Waals surface area contributed by atoms with Crippen LogP contribution in [0.15, 0.2) is 48.7 Å². The van der Waals surface area contributed by atoms with Crippen LogP contribution in [0.2, 0.25) is 0 Å². The molecule has 3 aromatic rings. The van der Waals surface area contributed by atoms with E-state index < -0.39 is 29.0 Å². The highest BCUT2D eigenvalue weighted by Crippen LogP contribution is 2.17. The topological polar surface area (TPSA) is 74.0 Å². The summed E-state index contributed by atoms with van der Waals surface area (Å²) in [6.07, 6.45) is 1.73. The molecule has 1 heterocycles. The van der Waals surface area contributed by atoms with E-state index in [4.69, 9.17) is 0 Å². The number of rotatable bonds is 3. The minimum atomic E-state index is -0.931. The Bertz CT molecular complexity index is 921. The van der Waals surface area contributed by atoms with E-state index in [-0.39, 0.29) is 6.42 Å². The molecule has 0 fully saturated rings. The Hall–Kier alpha value is -3.22. The SMILES string of the molecule is O=C(Cc1c[nH]c2ccccc12)NNC(=O)c1cc(F)ccc1F. The van der Waals surface area contributed by atoms with Crippen molar-refractivity contribution in [2.45, 2.75) is 6.42 Å². The molecule has 1 aromatic heterocycles. The Morgan fingerprint density at radius 3 is 2.67 bits per heavy atom. The summed E-state index contributed by atoms with van der Waals surface area (Å²) < 4.78 is 26.5. The highest BCUT2D eigenvalue weighted by Gasteiger charge is 2.14. The largest absolute Gasteiger partial charge is 0.361 e. The van der Waals surface area contributed by atoms with E-state index in [9.17, 15) is 18.4 Å². The summed E-state index contributed by atoms with van der Waals surface area (Å²) in [5.74, 6) is -3.03. The van der Waals surface area contributed by atoms with E-state index in [0.29, 0.717) is 0 Å². The third kappa shape index (κ3) is 3.24. The van der Waals surface area contributed by atoms with Crippen LogP contribution in [0.25, 0.3) is 10.9 Å². The van der Waals surface area contributed by atoms with Gasteiger partial charge in [0.15, 0.2) is 0 Å². The summed E-state index contributed by atoms with van der Waals surface area (Å²) in [7, 11) is 0. The molecule has 3 N–H and O–H groups in total. The van der Waals surface area contributed by atoms with Crippen LogP contribution >= 0.6 is 0 Å². The van der Waals surface area contributed by atoms with Crippen LogP contribution in [-0.2, 0) is 11.2 Å². The van der Waals surface area contributed by atoms with Crippen molar-refractivity contribution in [3.8, 4) is 0 Å². The number of halogens is 2.